The fraction of sp³-hybridized carbons (Fsp3) is 0.667. The molecule has 1 amide bonds. The number of nitrogen functional groups attached to an aromatic ring is 1. The van der Waals surface area contributed by atoms with Crippen LogP contribution in [-0.4, -0.2) is 12.5 Å². The van der Waals surface area contributed by atoms with Crippen LogP contribution in [0.5, 0.6) is 0 Å². The fourth-order valence-corrected chi connectivity index (χ4v) is 4.09. The molecule has 0 spiro atoms. The van der Waals surface area contributed by atoms with Gasteiger partial charge in [0, 0.05) is 12.1 Å². The predicted molar refractivity (Wildman–Crippen MR) is 84.3 cm³/mol. The Labute approximate surface area is 123 Å². The predicted octanol–water partition coefficient (Wildman–Crippen LogP) is 3.30. The Hall–Kier alpha value is -1.23. The van der Waals surface area contributed by atoms with Gasteiger partial charge in [0.2, 0.25) is 0 Å². The molecular weight excluding hydrogens is 270 g/mol. The van der Waals surface area contributed by atoms with E-state index in [1.807, 2.05) is 0 Å². The number of amides is 1. The van der Waals surface area contributed by atoms with Crippen LogP contribution in [0.25, 0.3) is 0 Å². The van der Waals surface area contributed by atoms with E-state index in [-0.39, 0.29) is 0 Å². The molecule has 5 N–H and O–H groups in total. The number of carbonyl (C=O) groups excluding carboxylic acids is 1. The lowest BCUT2D eigenvalue weighted by Gasteiger charge is -2.16. The van der Waals surface area contributed by atoms with E-state index in [0.717, 1.165) is 17.1 Å². The molecule has 3 rings (SSSR count). The summed E-state index contributed by atoms with van der Waals surface area (Å²) in [6, 6.07) is 0. The summed E-state index contributed by atoms with van der Waals surface area (Å²) in [5.41, 5.74) is 13.8. The Balaban J connectivity index is 1.78. The van der Waals surface area contributed by atoms with Gasteiger partial charge in [0.05, 0.1) is 10.7 Å². The SMILES string of the molecule is CCCC1(CNc2sc(C(N)=O)c(N)c2C2CC2)CC1. The number of anilines is 2. The van der Waals surface area contributed by atoms with Gasteiger partial charge in [0.25, 0.3) is 5.91 Å². The maximum atomic E-state index is 11.5. The first-order valence-corrected chi connectivity index (χ1v) is 8.34. The molecule has 5 heteroatoms. The zero-order valence-corrected chi connectivity index (χ0v) is 12.8. The van der Waals surface area contributed by atoms with Crippen LogP contribution in [0, 0.1) is 5.41 Å². The van der Waals surface area contributed by atoms with E-state index >= 15 is 0 Å². The highest BCUT2D eigenvalue weighted by Gasteiger charge is 2.42. The van der Waals surface area contributed by atoms with Crippen molar-refractivity contribution < 1.29 is 4.79 Å². The van der Waals surface area contributed by atoms with Crippen LogP contribution in [-0.2, 0) is 0 Å². The number of hydrogen-bond acceptors (Lipinski definition) is 4. The molecule has 0 unspecified atom stereocenters. The first kappa shape index (κ1) is 13.7. The molecule has 0 radical (unpaired) electrons. The monoisotopic (exact) mass is 293 g/mol. The van der Waals surface area contributed by atoms with Gasteiger partial charge in [-0.3, -0.25) is 4.79 Å². The lowest BCUT2D eigenvalue weighted by Crippen LogP contribution is -2.15. The molecule has 2 aliphatic carbocycles. The molecule has 2 fully saturated rings. The standard InChI is InChI=1S/C15H23N3OS/c1-2-5-15(6-7-15)8-18-14-10(9-3-4-9)11(16)12(20-14)13(17)19/h9,18H,2-8,16H2,1H3,(H2,17,19). The van der Waals surface area contributed by atoms with E-state index in [4.69, 9.17) is 11.5 Å². The fourth-order valence-electron chi connectivity index (χ4n) is 3.04. The normalized spacial score (nSPS) is 19.9. The highest BCUT2D eigenvalue weighted by atomic mass is 32.1. The van der Waals surface area contributed by atoms with Gasteiger partial charge in [0.1, 0.15) is 4.88 Å². The summed E-state index contributed by atoms with van der Waals surface area (Å²) in [6.45, 7) is 3.24. The van der Waals surface area contributed by atoms with Crippen molar-refractivity contribution in [3.8, 4) is 0 Å². The third-order valence-electron chi connectivity index (χ3n) is 4.55. The van der Waals surface area contributed by atoms with Crippen LogP contribution in [0.15, 0.2) is 0 Å². The zero-order valence-electron chi connectivity index (χ0n) is 12.0. The molecule has 110 valence electrons. The number of rotatable bonds is 7. The van der Waals surface area contributed by atoms with Gasteiger partial charge in [0.15, 0.2) is 0 Å². The van der Waals surface area contributed by atoms with Crippen LogP contribution in [0.4, 0.5) is 10.7 Å². The maximum absolute atomic E-state index is 11.5. The van der Waals surface area contributed by atoms with Crippen molar-refractivity contribution in [1.29, 1.82) is 0 Å². The second-order valence-electron chi connectivity index (χ2n) is 6.33. The average Bonchev–Trinajstić information content (AvgIpc) is 3.30. The summed E-state index contributed by atoms with van der Waals surface area (Å²) in [6.07, 6.45) is 7.49. The summed E-state index contributed by atoms with van der Waals surface area (Å²) in [5, 5.41) is 4.65. The maximum Gasteiger partial charge on any atom is 0.260 e. The minimum absolute atomic E-state index is 0.405. The first-order chi connectivity index (χ1) is 9.56. The Bertz CT molecular complexity index is 529. The number of carbonyl (C=O) groups is 1. The summed E-state index contributed by atoms with van der Waals surface area (Å²) in [5.74, 6) is 0.125. The zero-order chi connectivity index (χ0) is 14.3. The van der Waals surface area contributed by atoms with Crippen molar-refractivity contribution in [2.45, 2.75) is 51.4 Å². The summed E-state index contributed by atoms with van der Waals surface area (Å²) >= 11 is 1.44. The average molecular weight is 293 g/mol. The number of nitrogens with one attached hydrogen (secondary N) is 1. The topological polar surface area (TPSA) is 81.1 Å². The Morgan fingerprint density at radius 3 is 2.65 bits per heavy atom. The third-order valence-corrected chi connectivity index (χ3v) is 5.75. The second-order valence-corrected chi connectivity index (χ2v) is 7.35. The smallest absolute Gasteiger partial charge is 0.260 e. The van der Waals surface area contributed by atoms with Crippen molar-refractivity contribution >= 4 is 27.9 Å². The lowest BCUT2D eigenvalue weighted by molar-refractivity contribution is 0.100. The van der Waals surface area contributed by atoms with Crippen LogP contribution in [0.2, 0.25) is 0 Å². The Morgan fingerprint density at radius 1 is 1.45 bits per heavy atom. The molecule has 0 aromatic carbocycles. The Kier molecular flexibility index (Phi) is 3.40. The van der Waals surface area contributed by atoms with Gasteiger partial charge < -0.3 is 16.8 Å². The van der Waals surface area contributed by atoms with E-state index in [1.54, 1.807) is 0 Å². The van der Waals surface area contributed by atoms with Crippen molar-refractivity contribution in [3.63, 3.8) is 0 Å². The van der Waals surface area contributed by atoms with E-state index in [0.29, 0.717) is 21.9 Å². The van der Waals surface area contributed by atoms with E-state index < -0.39 is 5.91 Å². The molecule has 1 aromatic rings. The highest BCUT2D eigenvalue weighted by molar-refractivity contribution is 7.18. The van der Waals surface area contributed by atoms with Crippen molar-refractivity contribution in [2.75, 3.05) is 17.6 Å². The highest BCUT2D eigenvalue weighted by Crippen LogP contribution is 2.53. The van der Waals surface area contributed by atoms with Gasteiger partial charge in [-0.15, -0.1) is 11.3 Å². The first-order valence-electron chi connectivity index (χ1n) is 7.52. The minimum atomic E-state index is -0.405. The van der Waals surface area contributed by atoms with Crippen LogP contribution >= 0.6 is 11.3 Å². The van der Waals surface area contributed by atoms with Gasteiger partial charge in [-0.1, -0.05) is 13.3 Å². The van der Waals surface area contributed by atoms with Crippen LogP contribution < -0.4 is 16.8 Å². The van der Waals surface area contributed by atoms with E-state index in [2.05, 4.69) is 12.2 Å². The molecule has 0 atom stereocenters. The summed E-state index contributed by atoms with van der Waals surface area (Å²) in [7, 11) is 0. The molecule has 0 aliphatic heterocycles. The third kappa shape index (κ3) is 2.51. The van der Waals surface area contributed by atoms with Crippen molar-refractivity contribution in [3.05, 3.63) is 10.4 Å². The molecule has 0 bridgehead atoms. The largest absolute Gasteiger partial charge is 0.397 e. The van der Waals surface area contributed by atoms with Crippen LogP contribution in [0.3, 0.4) is 0 Å². The molecule has 2 aliphatic rings. The van der Waals surface area contributed by atoms with Crippen molar-refractivity contribution in [1.82, 2.24) is 0 Å². The molecule has 20 heavy (non-hydrogen) atoms. The van der Waals surface area contributed by atoms with Gasteiger partial charge >= 0.3 is 0 Å². The molecular formula is C15H23N3OS. The van der Waals surface area contributed by atoms with E-state index in [9.17, 15) is 4.79 Å². The second kappa shape index (κ2) is 4.95. The van der Waals surface area contributed by atoms with Gasteiger partial charge in [-0.05, 0) is 43.4 Å². The lowest BCUT2D eigenvalue weighted by atomic mass is 10.0. The van der Waals surface area contributed by atoms with E-state index in [1.165, 1.54) is 49.9 Å². The van der Waals surface area contributed by atoms with Gasteiger partial charge in [-0.25, -0.2) is 0 Å². The number of thiophene rings is 1. The molecule has 1 heterocycles. The van der Waals surface area contributed by atoms with Crippen LogP contribution in [0.1, 0.15) is 66.6 Å². The number of nitrogens with two attached hydrogens (primary N) is 2. The summed E-state index contributed by atoms with van der Waals surface area (Å²) < 4.78 is 0. The molecule has 1 aromatic heterocycles. The van der Waals surface area contributed by atoms with Crippen molar-refractivity contribution in [2.24, 2.45) is 11.1 Å². The molecule has 2 saturated carbocycles. The quantitative estimate of drug-likeness (QED) is 0.721. The Morgan fingerprint density at radius 2 is 2.15 bits per heavy atom. The number of primary amides is 1. The molecule has 4 nitrogen and oxygen atoms in total. The van der Waals surface area contributed by atoms with Gasteiger partial charge in [-0.2, -0.15) is 0 Å². The minimum Gasteiger partial charge on any atom is -0.397 e. The summed E-state index contributed by atoms with van der Waals surface area (Å²) in [4.78, 5) is 12.0. The molecule has 0 saturated heterocycles. The number of hydrogen-bond donors (Lipinski definition) is 3.